The van der Waals surface area contributed by atoms with E-state index in [1.807, 2.05) is 0 Å². The van der Waals surface area contributed by atoms with Crippen LogP contribution >= 0.6 is 11.6 Å². The van der Waals surface area contributed by atoms with Crippen molar-refractivity contribution < 1.29 is 130 Å². The van der Waals surface area contributed by atoms with Gasteiger partial charge >= 0.3 is 0 Å². The summed E-state index contributed by atoms with van der Waals surface area (Å²) in [7, 11) is 0. The summed E-state index contributed by atoms with van der Waals surface area (Å²) < 4.78 is 0. The summed E-state index contributed by atoms with van der Waals surface area (Å²) in [4.78, 5) is 317. The van der Waals surface area contributed by atoms with Gasteiger partial charge in [0.1, 0.15) is 60.1 Å². The molecule has 53 nitrogen and oxygen atoms in total. The highest BCUT2D eigenvalue weighted by atomic mass is 35.5. The van der Waals surface area contributed by atoms with Crippen LogP contribution in [0, 0.1) is 11.8 Å². The Kier molecular flexibility index (Phi) is 46.7. The highest BCUT2D eigenvalue weighted by molar-refractivity contribution is 6.31. The van der Waals surface area contributed by atoms with E-state index in [0.29, 0.717) is 38.4 Å². The van der Waals surface area contributed by atoms with Crippen LogP contribution in [0.2, 0.25) is 5.02 Å². The molecule has 3 aromatic rings. The SMILES string of the molecule is C=CNC(=O)CNC(=O)C(Cc1ccccc1)NC(=O)C(C)NC(=O)CNC(=O)C(CC(N)=O)NC(=O)CNC(=O)CNC(=O)CNC(=O)CNC(=O)C1C(O)C(O)CN1C(=O)CNC(=O)C(NC(=O)CNC(=O)CNC(=O)C1CCCN1C(=O)CNC(=O)CNC(=O)C(CC(C)C)NC(=O)C(=C)NC(=O)C(Cc1c[nH]c2ccc(Cl)cc12)NC(=O)CNC(=O)/C(=C\C)NC(=O)C(N)C(C)C)C(C)O. The highest BCUT2D eigenvalue weighted by Crippen LogP contribution is 2.25. The lowest BCUT2D eigenvalue weighted by Gasteiger charge is -2.26. The van der Waals surface area contributed by atoms with Gasteiger partial charge in [0.05, 0.1) is 115 Å². The van der Waals surface area contributed by atoms with Crippen molar-refractivity contribution in [1.29, 1.82) is 0 Å². The maximum Gasteiger partial charge on any atom is 0.267 e. The molecule has 12 unspecified atom stereocenters. The zero-order chi connectivity index (χ0) is 104. The fourth-order valence-corrected chi connectivity index (χ4v) is 13.4. The number of carbonyl (C=O) groups is 24. The van der Waals surface area contributed by atoms with Gasteiger partial charge in [-0.1, -0.05) is 88.9 Å². The van der Waals surface area contributed by atoms with E-state index in [-0.39, 0.29) is 49.8 Å². The largest absolute Gasteiger partial charge is 0.391 e. The third kappa shape index (κ3) is 39.1. The van der Waals surface area contributed by atoms with Crippen LogP contribution in [0.25, 0.3) is 10.9 Å². The molecule has 0 radical (unpaired) electrons. The first-order chi connectivity index (χ1) is 65.6. The van der Waals surface area contributed by atoms with Gasteiger partial charge in [0.25, 0.3) is 11.8 Å². The summed E-state index contributed by atoms with van der Waals surface area (Å²) in [5, 5.41) is 80.6. The summed E-state index contributed by atoms with van der Waals surface area (Å²) >= 11 is 6.28. The molecule has 5 rings (SSSR count). The Labute approximate surface area is 800 Å². The minimum Gasteiger partial charge on any atom is -0.391 e. The van der Waals surface area contributed by atoms with Crippen LogP contribution in [-0.2, 0) is 128 Å². The minimum absolute atomic E-state index is 0.00599. The molecule has 1 aromatic heterocycles. The number of nitrogens with one attached hydrogen (secondary N) is 22. The van der Waals surface area contributed by atoms with Gasteiger partial charge in [0.2, 0.25) is 130 Å². The molecule has 0 spiro atoms. The molecule has 2 aliphatic rings. The number of aliphatic hydroxyl groups excluding tert-OH is 3. The van der Waals surface area contributed by atoms with Gasteiger partial charge in [-0.05, 0) is 87.4 Å². The van der Waals surface area contributed by atoms with Crippen LogP contribution in [0.1, 0.15) is 85.3 Å². The lowest BCUT2D eigenvalue weighted by Crippen LogP contribution is -2.57. The predicted molar refractivity (Wildman–Crippen MR) is 488 cm³/mol. The number of primary amides is 1. The molecule has 2 aliphatic heterocycles. The Balaban J connectivity index is 0.988. The molecule has 139 heavy (non-hydrogen) atoms. The number of aromatic nitrogens is 1. The number of carbonyl (C=O) groups excluding carboxylic acids is 24. The molecule has 24 amide bonds. The van der Waals surface area contributed by atoms with Gasteiger partial charge in [-0.2, -0.15) is 0 Å². The lowest BCUT2D eigenvalue weighted by molar-refractivity contribution is -0.141. The molecule has 54 heteroatoms. The number of amides is 24. The number of allylic oxidation sites excluding steroid dienone is 1. The van der Waals surface area contributed by atoms with Crippen LogP contribution in [0.4, 0.5) is 0 Å². The van der Waals surface area contributed by atoms with Crippen LogP contribution in [0.3, 0.4) is 0 Å². The molecular formula is C85H119ClN26O27. The number of nitrogens with zero attached hydrogens (tertiary/aromatic N) is 2. The lowest BCUT2D eigenvalue weighted by atomic mass is 10.0. The van der Waals surface area contributed by atoms with E-state index < -0.39 is 312 Å². The van der Waals surface area contributed by atoms with Gasteiger partial charge in [-0.15, -0.1) is 0 Å². The van der Waals surface area contributed by atoms with Crippen molar-refractivity contribution in [2.45, 2.75) is 160 Å². The number of hydrogen-bond acceptors (Lipinski definition) is 28. The topological polar surface area (TPSA) is 797 Å². The van der Waals surface area contributed by atoms with Crippen LogP contribution in [0.15, 0.2) is 91.6 Å². The van der Waals surface area contributed by atoms with Crippen molar-refractivity contribution in [1.82, 2.24) is 126 Å². The van der Waals surface area contributed by atoms with Crippen LogP contribution < -0.4 is 123 Å². The highest BCUT2D eigenvalue weighted by Gasteiger charge is 2.47. The molecule has 3 heterocycles. The molecule has 2 aromatic carbocycles. The Morgan fingerprint density at radius 3 is 1.57 bits per heavy atom. The summed E-state index contributed by atoms with van der Waals surface area (Å²) in [6.45, 7) is 7.74. The van der Waals surface area contributed by atoms with E-state index >= 15 is 0 Å². The summed E-state index contributed by atoms with van der Waals surface area (Å²) in [6, 6.07) is 0.637. The van der Waals surface area contributed by atoms with Crippen molar-refractivity contribution in [3.8, 4) is 0 Å². The van der Waals surface area contributed by atoms with Gasteiger partial charge in [-0.3, -0.25) is 115 Å². The standard InChI is InChI=1S/C85H119ClN26O27/c1-10-50(107-83(137)71(88)42(5)6)77(131)98-37-67(124)105-54(24-47-27-90-51-20-19-48(86)25-49(47)51)81(135)104-44(8)76(130)108-52(22-41(3)4)78(132)97-31-64(121)95-38-69(126)111-21-15-18-56(111)82(136)100-32-62(119)94-35-68(125)110-72(45(9)113)84(138)102-39-70(127)112-40-57(114)74(128)73(112)85(139)101-33-63(120)92-28-60(117)91-29-61(118)93-34-66(123)106-55(26-58(87)115)80(134)99-36-65(122)103-43(7)75(129)109-53(23-46-16-13-12-14-17-46)79(133)96-30-59(116)89-11-2/h10-14,16-17,19-20,25,27,41-43,45,52-57,71-74,90,113-114,128H,2,8,15,18,21-24,26,28-40,88H2,1,3-7,9H3,(H2,87,115)(H,89,116)(H,91,117)(H,92,120)(H,93,118)(H,94,119)(H,95,121)(H,96,133)(H,97,132)(H,98,131)(H,99,134)(H,100,136)(H,101,139)(H,102,138)(H,103,122)(H,104,135)(H,105,124)(H,106,123)(H,107,137)(H,108,130)(H,109,129)(H,110,125)/b50-10+. The van der Waals surface area contributed by atoms with Crippen molar-refractivity contribution in [3.05, 3.63) is 108 Å². The number of H-pyrrole nitrogens is 1. The monoisotopic (exact) mass is 1970 g/mol. The van der Waals surface area contributed by atoms with E-state index in [4.69, 9.17) is 23.1 Å². The first-order valence-corrected chi connectivity index (χ1v) is 43.9. The quantitative estimate of drug-likeness (QED) is 0.0233. The Morgan fingerprint density at radius 2 is 1.00 bits per heavy atom. The number of halogens is 1. The Bertz CT molecular complexity index is 5110. The van der Waals surface area contributed by atoms with E-state index in [1.165, 1.54) is 19.9 Å². The zero-order valence-corrected chi connectivity index (χ0v) is 77.8. The first-order valence-electron chi connectivity index (χ1n) is 43.5. The maximum atomic E-state index is 14.0. The second-order valence-electron chi connectivity index (χ2n) is 32.5. The number of benzene rings is 2. The van der Waals surface area contributed by atoms with E-state index in [1.54, 1.807) is 82.4 Å². The van der Waals surface area contributed by atoms with Crippen LogP contribution in [-0.4, -0.2) is 336 Å². The summed E-state index contributed by atoms with van der Waals surface area (Å²) in [5.41, 5.74) is 12.2. The van der Waals surface area contributed by atoms with Crippen molar-refractivity contribution in [2.24, 2.45) is 23.3 Å². The maximum absolute atomic E-state index is 14.0. The van der Waals surface area contributed by atoms with Gasteiger partial charge < -0.3 is 153 Å². The van der Waals surface area contributed by atoms with Crippen molar-refractivity contribution in [2.75, 3.05) is 91.6 Å². The second-order valence-corrected chi connectivity index (χ2v) is 32.9. The molecule has 29 N–H and O–H groups in total. The molecule has 0 aliphatic carbocycles. The Morgan fingerprint density at radius 1 is 0.511 bits per heavy atom. The number of nitrogens with two attached hydrogens (primary N) is 2. The number of hydrogen-bond donors (Lipinski definition) is 27. The number of rotatable bonds is 54. The first kappa shape index (κ1) is 114. The second kappa shape index (κ2) is 56.8. The number of β-amino-alcohol motifs (C(OH)–C–C–N with tert-alkyl or cyclic N) is 1. The van der Waals surface area contributed by atoms with Crippen molar-refractivity contribution >= 4 is 164 Å². The molecule has 2 fully saturated rings. The third-order valence-electron chi connectivity index (χ3n) is 20.6. The van der Waals surface area contributed by atoms with E-state index in [0.717, 1.165) is 18.0 Å². The van der Waals surface area contributed by atoms with Gasteiger partial charge in [-0.25, -0.2) is 0 Å². The predicted octanol–water partition coefficient (Wildman–Crippen LogP) is -13.0. The molecule has 758 valence electrons. The minimum atomic E-state index is -1.96. The van der Waals surface area contributed by atoms with E-state index in [9.17, 15) is 130 Å². The fourth-order valence-electron chi connectivity index (χ4n) is 13.2. The molecule has 12 atom stereocenters. The molecular weight excluding hydrogens is 1850 g/mol. The zero-order valence-electron chi connectivity index (χ0n) is 77.1. The molecule has 0 bridgehead atoms. The molecule has 2 saturated heterocycles. The number of aromatic amines is 1. The number of likely N-dealkylation sites (tertiary alicyclic amines) is 2. The Hall–Kier alpha value is -15.4. The summed E-state index contributed by atoms with van der Waals surface area (Å²) in [5.74, 6) is -23.1. The number of fused-ring (bicyclic) bond motifs is 1. The third-order valence-corrected chi connectivity index (χ3v) is 20.9. The normalized spacial score (nSPS) is 15.9. The number of aliphatic hydroxyl groups is 3. The van der Waals surface area contributed by atoms with E-state index in [2.05, 4.69) is 130 Å². The van der Waals surface area contributed by atoms with Gasteiger partial charge in [0.15, 0.2) is 0 Å². The average molecular weight is 1970 g/mol. The van der Waals surface area contributed by atoms with Gasteiger partial charge in [0, 0.05) is 41.5 Å². The average Bonchev–Trinajstić information content (AvgIpc) is 1.66. The fraction of sp³-hybridized carbons (Fsp3) is 0.482. The van der Waals surface area contributed by atoms with Crippen LogP contribution in [0.5, 0.6) is 0 Å². The smallest absolute Gasteiger partial charge is 0.267 e. The molecule has 0 saturated carbocycles. The summed E-state index contributed by atoms with van der Waals surface area (Å²) in [6.07, 6.45) is -1.99. The van der Waals surface area contributed by atoms with Crippen molar-refractivity contribution in [3.63, 3.8) is 0 Å².